The highest BCUT2D eigenvalue weighted by Gasteiger charge is 2.34. The van der Waals surface area contributed by atoms with Crippen molar-refractivity contribution in [3.8, 4) is 22.6 Å². The van der Waals surface area contributed by atoms with Gasteiger partial charge in [0.1, 0.15) is 21.6 Å². The summed E-state index contributed by atoms with van der Waals surface area (Å²) in [5.41, 5.74) is 2.70. The molecule has 296 valence electrons. The van der Waals surface area contributed by atoms with Gasteiger partial charge < -0.3 is 19.0 Å². The largest absolute Gasteiger partial charge is 0.478 e. The Morgan fingerprint density at radius 3 is 1.64 bits per heavy atom. The molecular formula is C42H26Cl2N2O9S4. The minimum Gasteiger partial charge on any atom is -0.478 e. The van der Waals surface area contributed by atoms with Crippen molar-refractivity contribution in [1.29, 1.82) is 0 Å². The summed E-state index contributed by atoms with van der Waals surface area (Å²) in [7, 11) is 0. The monoisotopic (exact) mass is 900 g/mol. The van der Waals surface area contributed by atoms with Gasteiger partial charge in [0.2, 0.25) is 5.91 Å². The number of benzene rings is 4. The van der Waals surface area contributed by atoms with Crippen molar-refractivity contribution in [3.63, 3.8) is 0 Å². The number of carboxylic acids is 2. The maximum Gasteiger partial charge on any atom is 0.335 e. The second kappa shape index (κ2) is 19.3. The first-order valence-electron chi connectivity index (χ1n) is 16.9. The van der Waals surface area contributed by atoms with E-state index in [2.05, 4.69) is 0 Å². The first kappa shape index (κ1) is 42.8. The Labute approximate surface area is 365 Å². The molecule has 0 unspecified atom stereocenters. The molecule has 4 aromatic carbocycles. The lowest BCUT2D eigenvalue weighted by atomic mass is 10.2. The van der Waals surface area contributed by atoms with Gasteiger partial charge in [-0.05, 0) is 84.9 Å². The van der Waals surface area contributed by atoms with Crippen molar-refractivity contribution < 1.29 is 43.0 Å². The second-order valence-electron chi connectivity index (χ2n) is 12.0. The van der Waals surface area contributed by atoms with E-state index in [-0.39, 0.29) is 22.9 Å². The molecule has 2 aliphatic rings. The number of carboxylic acid groups (broad SMARTS) is 2. The zero-order valence-electron chi connectivity index (χ0n) is 29.9. The van der Waals surface area contributed by atoms with Crippen LogP contribution in [0.15, 0.2) is 135 Å². The predicted octanol–water partition coefficient (Wildman–Crippen LogP) is 10.9. The highest BCUT2D eigenvalue weighted by atomic mass is 35.5. The molecular weight excluding hydrogens is 876 g/mol. The Kier molecular flexibility index (Phi) is 14.0. The lowest BCUT2D eigenvalue weighted by molar-refractivity contribution is -0.115. The second-order valence-corrected chi connectivity index (χ2v) is 16.1. The van der Waals surface area contributed by atoms with Crippen LogP contribution in [0.4, 0.5) is 11.4 Å². The molecule has 0 bridgehead atoms. The first-order chi connectivity index (χ1) is 28.3. The van der Waals surface area contributed by atoms with Crippen LogP contribution in [0.2, 0.25) is 10.0 Å². The molecule has 2 N–H and O–H groups in total. The Hall–Kier alpha value is -5.81. The van der Waals surface area contributed by atoms with Gasteiger partial charge in [-0.25, -0.2) is 9.59 Å². The fourth-order valence-electron chi connectivity index (χ4n) is 5.44. The summed E-state index contributed by atoms with van der Waals surface area (Å²) in [4.78, 5) is 59.9. The van der Waals surface area contributed by atoms with Crippen molar-refractivity contribution in [2.75, 3.05) is 15.6 Å². The molecule has 17 heteroatoms. The fourth-order valence-corrected chi connectivity index (χ4v) is 8.27. The molecule has 0 radical (unpaired) electrons. The average molecular weight is 902 g/mol. The molecule has 2 saturated heterocycles. The van der Waals surface area contributed by atoms with Crippen LogP contribution < -0.4 is 9.80 Å². The Morgan fingerprint density at radius 1 is 0.661 bits per heavy atom. The van der Waals surface area contributed by atoms with Gasteiger partial charge in [0, 0.05) is 17.2 Å². The fraction of sp³-hybridized carbons (Fsp3) is 0.0238. The van der Waals surface area contributed by atoms with Crippen LogP contribution in [0.1, 0.15) is 37.0 Å². The van der Waals surface area contributed by atoms with Crippen LogP contribution in [0.3, 0.4) is 0 Å². The molecule has 4 heterocycles. The van der Waals surface area contributed by atoms with E-state index in [4.69, 9.17) is 61.6 Å². The normalized spacial score (nSPS) is 14.2. The quantitative estimate of drug-likeness (QED) is 0.0845. The smallest absolute Gasteiger partial charge is 0.335 e. The number of aromatic carboxylic acids is 2. The van der Waals surface area contributed by atoms with E-state index in [0.717, 1.165) is 22.9 Å². The Balaban J connectivity index is 0.000000164. The number of furan rings is 2. The number of thiocarbonyl (C=S) groups is 2. The molecule has 0 spiro atoms. The zero-order chi connectivity index (χ0) is 42.2. The maximum atomic E-state index is 12.9. The minimum absolute atomic E-state index is 0.0796. The minimum atomic E-state index is -1.07. The lowest BCUT2D eigenvalue weighted by Crippen LogP contribution is -2.28. The van der Waals surface area contributed by atoms with Crippen molar-refractivity contribution in [2.45, 2.75) is 0 Å². The van der Waals surface area contributed by atoms with Crippen molar-refractivity contribution in [1.82, 2.24) is 0 Å². The van der Waals surface area contributed by atoms with Gasteiger partial charge in [-0.1, -0.05) is 108 Å². The van der Waals surface area contributed by atoms with Crippen LogP contribution >= 0.6 is 71.2 Å². The highest BCUT2D eigenvalue weighted by Crippen LogP contribution is 2.38. The van der Waals surface area contributed by atoms with E-state index in [1.807, 2.05) is 36.4 Å². The summed E-state index contributed by atoms with van der Waals surface area (Å²) < 4.78 is 11.9. The molecule has 0 saturated carbocycles. The third-order valence-electron chi connectivity index (χ3n) is 8.17. The number of halogens is 2. The van der Waals surface area contributed by atoms with Crippen LogP contribution in [-0.4, -0.2) is 54.6 Å². The Bertz CT molecular complexity index is 2660. The average Bonchev–Trinajstić information content (AvgIpc) is 4.03. The number of carbonyl (C=O) groups is 5. The summed E-state index contributed by atoms with van der Waals surface area (Å²) in [5, 5.41) is 19.2. The third-order valence-corrected chi connectivity index (χ3v) is 11.5. The number of hydrogen-bond acceptors (Lipinski definition) is 11. The number of hydrogen-bond donors (Lipinski definition) is 2. The van der Waals surface area contributed by atoms with Gasteiger partial charge in [0.25, 0.3) is 5.91 Å². The number of rotatable bonds is 8. The van der Waals surface area contributed by atoms with E-state index in [9.17, 15) is 29.1 Å². The summed E-state index contributed by atoms with van der Waals surface area (Å²) in [5.74, 6) is -0.238. The molecule has 0 atom stereocenters. The van der Waals surface area contributed by atoms with Crippen molar-refractivity contribution >= 4 is 127 Å². The number of aldehydes is 1. The van der Waals surface area contributed by atoms with Crippen LogP contribution in [0.5, 0.6) is 0 Å². The summed E-state index contributed by atoms with van der Waals surface area (Å²) in [6.07, 6.45) is 2.28. The van der Waals surface area contributed by atoms with Crippen LogP contribution in [0.25, 0.3) is 28.7 Å². The lowest BCUT2D eigenvalue weighted by Gasteiger charge is -2.15. The van der Waals surface area contributed by atoms with E-state index >= 15 is 0 Å². The topological polar surface area (TPSA) is 159 Å². The van der Waals surface area contributed by atoms with E-state index < -0.39 is 11.9 Å². The highest BCUT2D eigenvalue weighted by molar-refractivity contribution is 8.27. The molecule has 2 aromatic heterocycles. The molecule has 2 amide bonds. The van der Waals surface area contributed by atoms with Gasteiger partial charge in [-0.2, -0.15) is 0 Å². The predicted molar refractivity (Wildman–Crippen MR) is 239 cm³/mol. The first-order valence-corrected chi connectivity index (χ1v) is 20.3. The number of carbonyl (C=O) groups excluding carboxylic acids is 3. The van der Waals surface area contributed by atoms with E-state index in [1.165, 1.54) is 45.8 Å². The van der Waals surface area contributed by atoms with Gasteiger partial charge in [-0.3, -0.25) is 24.2 Å². The molecule has 8 rings (SSSR count). The molecule has 11 nitrogen and oxygen atoms in total. The van der Waals surface area contributed by atoms with Gasteiger partial charge >= 0.3 is 11.9 Å². The SMILES string of the molecule is O=C(O)c1cccc(N2C(=O)/C(=C\c3ccc(-c4ccccc4Cl)o3)SC2=S)c1.O=C(O)c1cccc(N2C(=O)CSC2=S)c1.O=Cc1ccc(-c2ccccc2Cl)o1. The third kappa shape index (κ3) is 10.3. The number of thioether (sulfide) groups is 2. The van der Waals surface area contributed by atoms with Crippen LogP contribution in [-0.2, 0) is 9.59 Å². The molecule has 2 fully saturated rings. The van der Waals surface area contributed by atoms with Crippen LogP contribution in [0, 0.1) is 0 Å². The van der Waals surface area contributed by atoms with Gasteiger partial charge in [0.05, 0.1) is 43.2 Å². The van der Waals surface area contributed by atoms with Gasteiger partial charge in [0.15, 0.2) is 16.4 Å². The molecule has 6 aromatic rings. The van der Waals surface area contributed by atoms with E-state index in [0.29, 0.717) is 70.0 Å². The van der Waals surface area contributed by atoms with Crippen molar-refractivity contribution in [3.05, 3.63) is 159 Å². The maximum absolute atomic E-state index is 12.9. The number of anilines is 2. The van der Waals surface area contributed by atoms with E-state index in [1.54, 1.807) is 66.7 Å². The summed E-state index contributed by atoms with van der Waals surface area (Å²) >= 11 is 24.9. The number of nitrogens with zero attached hydrogens (tertiary/aromatic N) is 2. The van der Waals surface area contributed by atoms with Crippen molar-refractivity contribution in [2.24, 2.45) is 0 Å². The summed E-state index contributed by atoms with van der Waals surface area (Å²) in [6, 6.07) is 33.8. The summed E-state index contributed by atoms with van der Waals surface area (Å²) in [6.45, 7) is 0. The van der Waals surface area contributed by atoms with Gasteiger partial charge in [-0.15, -0.1) is 0 Å². The molecule has 0 aliphatic carbocycles. The number of amides is 2. The zero-order valence-corrected chi connectivity index (χ0v) is 34.7. The Morgan fingerprint density at radius 2 is 1.17 bits per heavy atom. The standard InChI is InChI=1S/C21H12ClNO4S2.C11H7ClO2.C10H7NO3S2/c22-16-7-2-1-6-15(16)17-9-8-14(27-17)11-18-19(24)23(21(28)29-18)13-5-3-4-12(10-13)20(25)26;12-10-4-2-1-3-9(10)11-6-5-8(7-13)14-11;12-8-5-16-10(15)11(8)7-3-1-2-6(4-7)9(13)14/h1-11H,(H,25,26);1-7H;1-4H,5H2,(H,13,14)/b18-11+;;. The molecule has 2 aliphatic heterocycles. The molecule has 59 heavy (non-hydrogen) atoms.